The van der Waals surface area contributed by atoms with Crippen molar-refractivity contribution in [1.29, 1.82) is 0 Å². The number of quaternary nitrogens is 2. The monoisotopic (exact) mass is 402 g/mol. The van der Waals surface area contributed by atoms with Crippen molar-refractivity contribution in [3.63, 3.8) is 0 Å². The average molecular weight is 402 g/mol. The second-order valence-corrected chi connectivity index (χ2v) is 7.82. The Hall–Kier alpha value is -3.22. The summed E-state index contributed by atoms with van der Waals surface area (Å²) in [5.74, 6) is 1.74. The van der Waals surface area contributed by atoms with Crippen LogP contribution in [0.15, 0.2) is 87.9 Å². The van der Waals surface area contributed by atoms with Gasteiger partial charge < -0.3 is 18.6 Å². The van der Waals surface area contributed by atoms with Crippen LogP contribution in [-0.4, -0.2) is 36.4 Å². The van der Waals surface area contributed by atoms with Gasteiger partial charge in [-0.15, -0.1) is 10.2 Å². The number of furan rings is 1. The molecular formula is C24H26N4O2+2. The first kappa shape index (κ1) is 18.8. The Morgan fingerprint density at radius 2 is 1.43 bits per heavy atom. The van der Waals surface area contributed by atoms with Crippen LogP contribution in [0.4, 0.5) is 0 Å². The van der Waals surface area contributed by atoms with Crippen molar-refractivity contribution >= 4 is 0 Å². The van der Waals surface area contributed by atoms with E-state index in [1.54, 1.807) is 11.2 Å². The van der Waals surface area contributed by atoms with Gasteiger partial charge in [-0.25, -0.2) is 0 Å². The molecule has 5 rings (SSSR count). The number of nitrogens with zero attached hydrogens (tertiary/aromatic N) is 2. The van der Waals surface area contributed by atoms with Crippen LogP contribution < -0.4 is 9.80 Å². The molecule has 0 radical (unpaired) electrons. The van der Waals surface area contributed by atoms with E-state index in [0.717, 1.165) is 32.7 Å². The normalized spacial score (nSPS) is 19.2. The maximum Gasteiger partial charge on any atom is 0.283 e. The lowest BCUT2D eigenvalue weighted by Gasteiger charge is -2.34. The number of nitrogens with one attached hydrogen (secondary N) is 2. The van der Waals surface area contributed by atoms with Crippen LogP contribution in [-0.2, 0) is 6.54 Å². The third-order valence-corrected chi connectivity index (χ3v) is 5.87. The third kappa shape index (κ3) is 4.06. The second kappa shape index (κ2) is 8.65. The standard InChI is InChI=1S/C24H24N4O2/c1-3-8-19(9-4-1)23(20-10-5-2-6-11-20)28-15-13-27(14-16-28)18-22-25-26-24(30-22)21-12-7-17-29-21/h1-12,17,23H,13-16,18H2/p+2. The molecular weight excluding hydrogens is 376 g/mol. The molecule has 6 nitrogen and oxygen atoms in total. The number of hydrogen-bond donors (Lipinski definition) is 2. The zero-order chi connectivity index (χ0) is 20.2. The zero-order valence-corrected chi connectivity index (χ0v) is 16.8. The molecule has 2 N–H and O–H groups in total. The molecule has 1 fully saturated rings. The molecule has 1 saturated heterocycles. The van der Waals surface area contributed by atoms with E-state index < -0.39 is 0 Å². The van der Waals surface area contributed by atoms with Gasteiger partial charge in [0, 0.05) is 11.1 Å². The van der Waals surface area contributed by atoms with Gasteiger partial charge in [0.15, 0.2) is 12.3 Å². The van der Waals surface area contributed by atoms with Gasteiger partial charge in [-0.1, -0.05) is 60.7 Å². The van der Waals surface area contributed by atoms with Gasteiger partial charge in [0.2, 0.25) is 0 Å². The summed E-state index contributed by atoms with van der Waals surface area (Å²) in [6.45, 7) is 5.10. The minimum absolute atomic E-state index is 0.364. The van der Waals surface area contributed by atoms with Gasteiger partial charge in [-0.05, 0) is 12.1 Å². The van der Waals surface area contributed by atoms with E-state index in [9.17, 15) is 0 Å². The first-order chi connectivity index (χ1) is 14.9. The summed E-state index contributed by atoms with van der Waals surface area (Å²) in [4.78, 5) is 3.09. The highest BCUT2D eigenvalue weighted by molar-refractivity contribution is 5.42. The third-order valence-electron chi connectivity index (χ3n) is 5.87. The highest BCUT2D eigenvalue weighted by Gasteiger charge is 2.32. The van der Waals surface area contributed by atoms with E-state index in [4.69, 9.17) is 8.83 Å². The summed E-state index contributed by atoms with van der Waals surface area (Å²) < 4.78 is 11.1. The van der Waals surface area contributed by atoms with Crippen molar-refractivity contribution in [1.82, 2.24) is 10.2 Å². The summed E-state index contributed by atoms with van der Waals surface area (Å²) in [5.41, 5.74) is 2.75. The van der Waals surface area contributed by atoms with Crippen molar-refractivity contribution in [2.75, 3.05) is 26.2 Å². The summed E-state index contributed by atoms with van der Waals surface area (Å²) in [6, 6.07) is 25.7. The molecule has 0 unspecified atom stereocenters. The maximum atomic E-state index is 5.80. The van der Waals surface area contributed by atoms with Gasteiger partial charge >= 0.3 is 0 Å². The van der Waals surface area contributed by atoms with E-state index in [1.807, 2.05) is 12.1 Å². The topological polar surface area (TPSA) is 60.9 Å². The predicted octanol–water partition coefficient (Wildman–Crippen LogP) is 1.40. The molecule has 0 spiro atoms. The first-order valence-corrected chi connectivity index (χ1v) is 10.5. The maximum absolute atomic E-state index is 5.80. The van der Waals surface area contributed by atoms with Crippen molar-refractivity contribution in [3.8, 4) is 11.7 Å². The van der Waals surface area contributed by atoms with Crippen LogP contribution in [0.2, 0.25) is 0 Å². The lowest BCUT2D eigenvalue weighted by Crippen LogP contribution is -3.27. The highest BCUT2D eigenvalue weighted by Crippen LogP contribution is 2.19. The van der Waals surface area contributed by atoms with Gasteiger partial charge in [0.1, 0.15) is 32.2 Å². The van der Waals surface area contributed by atoms with Crippen LogP contribution in [0.25, 0.3) is 11.7 Å². The first-order valence-electron chi connectivity index (χ1n) is 10.5. The van der Waals surface area contributed by atoms with Gasteiger partial charge in [-0.3, -0.25) is 0 Å². The predicted molar refractivity (Wildman–Crippen MR) is 112 cm³/mol. The number of rotatable bonds is 6. The smallest absolute Gasteiger partial charge is 0.283 e. The fourth-order valence-corrected chi connectivity index (χ4v) is 4.38. The lowest BCUT2D eigenvalue weighted by molar-refractivity contribution is -1.03. The Bertz CT molecular complexity index is 1000. The van der Waals surface area contributed by atoms with Crippen molar-refractivity contribution in [2.24, 2.45) is 0 Å². The Morgan fingerprint density at radius 1 is 0.767 bits per heavy atom. The molecule has 1 aliphatic rings. The molecule has 152 valence electrons. The summed E-state index contributed by atoms with van der Waals surface area (Å²) in [7, 11) is 0. The molecule has 1 aliphatic heterocycles. The Balaban J connectivity index is 1.26. The number of aromatic nitrogens is 2. The Kier molecular flexibility index (Phi) is 5.42. The lowest BCUT2D eigenvalue weighted by atomic mass is 9.96. The minimum Gasteiger partial charge on any atom is -0.459 e. The molecule has 6 heteroatoms. The number of benzene rings is 2. The van der Waals surface area contributed by atoms with E-state index in [2.05, 4.69) is 70.9 Å². The minimum atomic E-state index is 0.364. The fourth-order valence-electron chi connectivity index (χ4n) is 4.38. The quantitative estimate of drug-likeness (QED) is 0.512. The SMILES string of the molecule is c1ccc(C(c2ccccc2)[NH+]2CC[NH+](Cc3nnc(-c4ccco4)o3)CC2)cc1. The van der Waals surface area contributed by atoms with E-state index >= 15 is 0 Å². The molecule has 30 heavy (non-hydrogen) atoms. The van der Waals surface area contributed by atoms with Crippen LogP contribution in [0, 0.1) is 0 Å². The van der Waals surface area contributed by atoms with Crippen LogP contribution in [0.3, 0.4) is 0 Å². The molecule has 0 aliphatic carbocycles. The fraction of sp³-hybridized carbons (Fsp3) is 0.250. The molecule has 0 bridgehead atoms. The Labute approximate surface area is 175 Å². The van der Waals surface area contributed by atoms with Gasteiger partial charge in [0.25, 0.3) is 11.8 Å². The average Bonchev–Trinajstić information content (AvgIpc) is 3.49. The van der Waals surface area contributed by atoms with Gasteiger partial charge in [0.05, 0.1) is 6.26 Å². The molecule has 0 amide bonds. The second-order valence-electron chi connectivity index (χ2n) is 7.82. The van der Waals surface area contributed by atoms with Crippen LogP contribution in [0.5, 0.6) is 0 Å². The summed E-state index contributed by atoms with van der Waals surface area (Å²) in [5, 5.41) is 8.33. The van der Waals surface area contributed by atoms with Crippen LogP contribution in [0.1, 0.15) is 23.1 Å². The molecule has 0 saturated carbocycles. The van der Waals surface area contributed by atoms with E-state index in [-0.39, 0.29) is 0 Å². The molecule has 0 atom stereocenters. The Morgan fingerprint density at radius 3 is 2.03 bits per heavy atom. The summed E-state index contributed by atoms with van der Waals surface area (Å²) in [6.07, 6.45) is 1.61. The largest absolute Gasteiger partial charge is 0.459 e. The number of hydrogen-bond acceptors (Lipinski definition) is 4. The van der Waals surface area contributed by atoms with Crippen molar-refractivity contribution in [3.05, 3.63) is 96.1 Å². The van der Waals surface area contributed by atoms with E-state index in [1.165, 1.54) is 16.0 Å². The molecule has 3 heterocycles. The van der Waals surface area contributed by atoms with E-state index in [0.29, 0.717) is 23.6 Å². The van der Waals surface area contributed by atoms with Gasteiger partial charge in [-0.2, -0.15) is 0 Å². The zero-order valence-electron chi connectivity index (χ0n) is 16.8. The highest BCUT2D eigenvalue weighted by atomic mass is 16.4. The molecule has 2 aromatic heterocycles. The van der Waals surface area contributed by atoms with Crippen LogP contribution >= 0.6 is 0 Å². The molecule has 2 aromatic carbocycles. The number of piperazine rings is 1. The summed E-state index contributed by atoms with van der Waals surface area (Å²) >= 11 is 0. The van der Waals surface area contributed by atoms with Crippen molar-refractivity contribution in [2.45, 2.75) is 12.6 Å². The molecule has 4 aromatic rings. The van der Waals surface area contributed by atoms with Crippen molar-refractivity contribution < 1.29 is 18.6 Å².